The number of benzene rings is 2. The number of amides is 1. The van der Waals surface area contributed by atoms with Crippen molar-refractivity contribution in [1.82, 2.24) is 5.32 Å². The van der Waals surface area contributed by atoms with Crippen molar-refractivity contribution in [3.05, 3.63) is 71.0 Å². The van der Waals surface area contributed by atoms with E-state index in [9.17, 15) is 32.3 Å². The van der Waals surface area contributed by atoms with Crippen molar-refractivity contribution >= 4 is 11.9 Å². The van der Waals surface area contributed by atoms with Crippen molar-refractivity contribution in [2.75, 3.05) is 0 Å². The first-order chi connectivity index (χ1) is 12.1. The number of rotatable bonds is 6. The van der Waals surface area contributed by atoms with Gasteiger partial charge in [-0.15, -0.1) is 0 Å². The molecule has 0 unspecified atom stereocenters. The fourth-order valence-corrected chi connectivity index (χ4v) is 2.30. The van der Waals surface area contributed by atoms with Gasteiger partial charge in [0, 0.05) is 6.42 Å². The van der Waals surface area contributed by atoms with E-state index in [1.807, 2.05) is 0 Å². The molecule has 2 aromatic carbocycles. The molecule has 0 aliphatic rings. The van der Waals surface area contributed by atoms with Crippen LogP contribution in [-0.2, 0) is 28.6 Å². The molecule has 0 saturated carbocycles. The molecule has 26 heavy (non-hydrogen) atoms. The molecule has 2 N–H and O–H groups in total. The Bertz CT molecular complexity index is 771. The maximum absolute atomic E-state index is 12.9. The Kier molecular flexibility index (Phi) is 5.97. The molecule has 2 rings (SSSR count). The highest BCUT2D eigenvalue weighted by Crippen LogP contribution is 2.29. The number of nitrogens with one attached hydrogen (secondary N) is 1. The highest BCUT2D eigenvalue weighted by atomic mass is 19.4. The van der Waals surface area contributed by atoms with E-state index in [-0.39, 0.29) is 12.8 Å². The number of carboxylic acids is 1. The van der Waals surface area contributed by atoms with E-state index in [0.717, 1.165) is 24.3 Å². The number of carbonyl (C=O) groups excluding carboxylic acids is 1. The zero-order valence-corrected chi connectivity index (χ0v) is 13.4. The Hall–Kier alpha value is -2.90. The molecule has 0 spiro atoms. The van der Waals surface area contributed by atoms with Crippen LogP contribution in [0.15, 0.2) is 48.5 Å². The maximum atomic E-state index is 12.9. The lowest BCUT2D eigenvalue weighted by atomic mass is 10.0. The zero-order valence-electron chi connectivity index (χ0n) is 13.4. The SMILES string of the molecule is O=C(Cc1ccc(C(F)(F)F)cc1)N[C@H](Cc1ccc(F)cc1)C(=O)O. The molecule has 0 heterocycles. The largest absolute Gasteiger partial charge is 0.480 e. The van der Waals surface area contributed by atoms with Gasteiger partial charge in [-0.2, -0.15) is 13.2 Å². The summed E-state index contributed by atoms with van der Waals surface area (Å²) in [7, 11) is 0. The number of hydrogen-bond acceptors (Lipinski definition) is 2. The second kappa shape index (κ2) is 7.99. The van der Waals surface area contributed by atoms with Gasteiger partial charge in [0.2, 0.25) is 5.91 Å². The molecule has 2 aromatic rings. The van der Waals surface area contributed by atoms with E-state index < -0.39 is 35.5 Å². The van der Waals surface area contributed by atoms with Crippen LogP contribution in [-0.4, -0.2) is 23.0 Å². The number of halogens is 4. The lowest BCUT2D eigenvalue weighted by Gasteiger charge is -2.15. The minimum absolute atomic E-state index is 0.0473. The predicted molar refractivity (Wildman–Crippen MR) is 84.8 cm³/mol. The van der Waals surface area contributed by atoms with E-state index in [4.69, 9.17) is 0 Å². The first-order valence-corrected chi connectivity index (χ1v) is 7.58. The van der Waals surface area contributed by atoms with E-state index in [1.54, 1.807) is 0 Å². The first kappa shape index (κ1) is 19.4. The summed E-state index contributed by atoms with van der Waals surface area (Å²) in [5, 5.41) is 11.5. The van der Waals surface area contributed by atoms with Crippen LogP contribution in [0.2, 0.25) is 0 Å². The van der Waals surface area contributed by atoms with Crippen LogP contribution in [0.1, 0.15) is 16.7 Å². The molecule has 0 saturated heterocycles. The van der Waals surface area contributed by atoms with Crippen LogP contribution in [0.4, 0.5) is 17.6 Å². The third-order valence-electron chi connectivity index (χ3n) is 3.63. The Morgan fingerprint density at radius 2 is 1.50 bits per heavy atom. The van der Waals surface area contributed by atoms with Crippen molar-refractivity contribution in [2.24, 2.45) is 0 Å². The van der Waals surface area contributed by atoms with Crippen molar-refractivity contribution < 1.29 is 32.3 Å². The average molecular weight is 369 g/mol. The molecule has 0 aromatic heterocycles. The van der Waals surface area contributed by atoms with Gasteiger partial charge in [0.15, 0.2) is 0 Å². The average Bonchev–Trinajstić information content (AvgIpc) is 2.55. The van der Waals surface area contributed by atoms with Crippen LogP contribution in [0.5, 0.6) is 0 Å². The maximum Gasteiger partial charge on any atom is 0.416 e. The van der Waals surface area contributed by atoms with Crippen molar-refractivity contribution in [3.8, 4) is 0 Å². The van der Waals surface area contributed by atoms with Gasteiger partial charge in [0.1, 0.15) is 11.9 Å². The molecular formula is C18H15F4NO3. The predicted octanol–water partition coefficient (Wildman–Crippen LogP) is 3.20. The molecule has 0 bridgehead atoms. The highest BCUT2D eigenvalue weighted by molar-refractivity contribution is 5.85. The summed E-state index contributed by atoms with van der Waals surface area (Å²) in [6, 6.07) is 7.99. The minimum Gasteiger partial charge on any atom is -0.480 e. The summed E-state index contributed by atoms with van der Waals surface area (Å²) in [6.45, 7) is 0. The van der Waals surface area contributed by atoms with Gasteiger partial charge in [-0.05, 0) is 35.4 Å². The lowest BCUT2D eigenvalue weighted by Crippen LogP contribution is -2.43. The van der Waals surface area contributed by atoms with Crippen molar-refractivity contribution in [2.45, 2.75) is 25.1 Å². The van der Waals surface area contributed by atoms with Crippen LogP contribution in [0.25, 0.3) is 0 Å². The fraction of sp³-hybridized carbons (Fsp3) is 0.222. The Morgan fingerprint density at radius 1 is 0.962 bits per heavy atom. The summed E-state index contributed by atoms with van der Waals surface area (Å²) in [4.78, 5) is 23.3. The molecule has 0 fully saturated rings. The highest BCUT2D eigenvalue weighted by Gasteiger charge is 2.30. The molecule has 8 heteroatoms. The van der Waals surface area contributed by atoms with Crippen LogP contribution in [0, 0.1) is 5.82 Å². The van der Waals surface area contributed by atoms with Crippen LogP contribution >= 0.6 is 0 Å². The summed E-state index contributed by atoms with van der Waals surface area (Å²) in [5.74, 6) is -2.37. The Balaban J connectivity index is 1.99. The van der Waals surface area contributed by atoms with Gasteiger partial charge < -0.3 is 10.4 Å². The van der Waals surface area contributed by atoms with Gasteiger partial charge >= 0.3 is 12.1 Å². The second-order valence-corrected chi connectivity index (χ2v) is 5.66. The molecule has 138 valence electrons. The molecule has 4 nitrogen and oxygen atoms in total. The van der Waals surface area contributed by atoms with E-state index in [1.165, 1.54) is 24.3 Å². The smallest absolute Gasteiger partial charge is 0.416 e. The summed E-state index contributed by atoms with van der Waals surface area (Å²) in [5.41, 5.74) is 0.0106. The molecule has 0 aliphatic heterocycles. The van der Waals surface area contributed by atoms with E-state index in [2.05, 4.69) is 5.32 Å². The van der Waals surface area contributed by atoms with Crippen LogP contribution < -0.4 is 5.32 Å². The molecular weight excluding hydrogens is 354 g/mol. The summed E-state index contributed by atoms with van der Waals surface area (Å²) < 4.78 is 50.4. The van der Waals surface area contributed by atoms with Gasteiger partial charge in [0.05, 0.1) is 12.0 Å². The van der Waals surface area contributed by atoms with E-state index >= 15 is 0 Å². The van der Waals surface area contributed by atoms with Crippen molar-refractivity contribution in [1.29, 1.82) is 0 Å². The molecule has 1 amide bonds. The second-order valence-electron chi connectivity index (χ2n) is 5.66. The van der Waals surface area contributed by atoms with Gasteiger partial charge in [-0.1, -0.05) is 24.3 Å². The minimum atomic E-state index is -4.47. The molecule has 0 radical (unpaired) electrons. The summed E-state index contributed by atoms with van der Waals surface area (Å²) in [6.07, 6.45) is -4.77. The number of alkyl halides is 3. The van der Waals surface area contributed by atoms with Gasteiger partial charge in [-0.25, -0.2) is 9.18 Å². The standard InChI is InChI=1S/C18H15F4NO3/c19-14-7-3-11(4-8-14)9-15(17(25)26)23-16(24)10-12-1-5-13(6-2-12)18(20,21)22/h1-8,15H,9-10H2,(H,23,24)(H,25,26)/t15-/m1/s1. The fourth-order valence-electron chi connectivity index (χ4n) is 2.30. The quantitative estimate of drug-likeness (QED) is 0.769. The van der Waals surface area contributed by atoms with Crippen LogP contribution in [0.3, 0.4) is 0 Å². The number of aliphatic carboxylic acids is 1. The Labute approximate surface area is 146 Å². The molecule has 1 atom stereocenters. The zero-order chi connectivity index (χ0) is 19.3. The third kappa shape index (κ3) is 5.58. The number of carbonyl (C=O) groups is 2. The number of carboxylic acid groups (broad SMARTS) is 1. The normalized spacial score (nSPS) is 12.5. The first-order valence-electron chi connectivity index (χ1n) is 7.58. The monoisotopic (exact) mass is 369 g/mol. The third-order valence-corrected chi connectivity index (χ3v) is 3.63. The molecule has 0 aliphatic carbocycles. The van der Waals surface area contributed by atoms with Crippen molar-refractivity contribution in [3.63, 3.8) is 0 Å². The lowest BCUT2D eigenvalue weighted by molar-refractivity contribution is -0.141. The van der Waals surface area contributed by atoms with Gasteiger partial charge in [0.25, 0.3) is 0 Å². The summed E-state index contributed by atoms with van der Waals surface area (Å²) >= 11 is 0. The Morgan fingerprint density at radius 3 is 2.00 bits per heavy atom. The van der Waals surface area contributed by atoms with E-state index in [0.29, 0.717) is 11.1 Å². The number of hydrogen-bond donors (Lipinski definition) is 2. The topological polar surface area (TPSA) is 66.4 Å². The van der Waals surface area contributed by atoms with Gasteiger partial charge in [-0.3, -0.25) is 4.79 Å².